The third kappa shape index (κ3) is 4.96. The predicted molar refractivity (Wildman–Crippen MR) is 100 cm³/mol. The Morgan fingerprint density at radius 3 is 3.08 bits per heavy atom. The van der Waals surface area contributed by atoms with Crippen LogP contribution in [-0.4, -0.2) is 41.5 Å². The minimum atomic E-state index is -0.468. The average molecular weight is 382 g/mol. The van der Waals surface area contributed by atoms with Crippen LogP contribution in [0.5, 0.6) is 0 Å². The number of ether oxygens (including phenoxy) is 1. The van der Waals surface area contributed by atoms with Crippen LogP contribution in [0.25, 0.3) is 0 Å². The van der Waals surface area contributed by atoms with Gasteiger partial charge in [0.15, 0.2) is 5.17 Å². The zero-order valence-corrected chi connectivity index (χ0v) is 15.5. The summed E-state index contributed by atoms with van der Waals surface area (Å²) in [6, 6.07) is 5.32. The number of aliphatic imine (C=N–C) groups is 1. The van der Waals surface area contributed by atoms with E-state index < -0.39 is 5.25 Å². The molecule has 2 N–H and O–H groups in total. The van der Waals surface area contributed by atoms with Crippen molar-refractivity contribution in [3.63, 3.8) is 0 Å². The second-order valence-corrected chi connectivity index (χ2v) is 7.69. The van der Waals surface area contributed by atoms with Crippen molar-refractivity contribution in [1.82, 2.24) is 5.32 Å². The molecule has 2 atom stereocenters. The Kier molecular flexibility index (Phi) is 5.98. The molecule has 0 saturated carbocycles. The molecule has 0 spiro atoms. The topological polar surface area (TPSA) is 79.8 Å². The molecule has 2 saturated heterocycles. The molecule has 2 amide bonds. The summed E-state index contributed by atoms with van der Waals surface area (Å²) in [5, 5.41) is 6.19. The van der Waals surface area contributed by atoms with Crippen molar-refractivity contribution in [1.29, 1.82) is 0 Å². The summed E-state index contributed by atoms with van der Waals surface area (Å²) in [6.45, 7) is 3.22. The Morgan fingerprint density at radius 2 is 2.36 bits per heavy atom. The van der Waals surface area contributed by atoms with Crippen LogP contribution in [-0.2, 0) is 14.3 Å². The summed E-state index contributed by atoms with van der Waals surface area (Å²) in [7, 11) is 0. The van der Waals surface area contributed by atoms with E-state index in [-0.39, 0.29) is 24.3 Å². The molecular weight excluding hydrogens is 362 g/mol. The highest BCUT2D eigenvalue weighted by molar-refractivity contribution is 8.15. The van der Waals surface area contributed by atoms with E-state index in [1.807, 2.05) is 13.0 Å². The third-order valence-corrected chi connectivity index (χ3v) is 5.59. The van der Waals surface area contributed by atoms with Crippen molar-refractivity contribution in [2.75, 3.05) is 18.5 Å². The lowest BCUT2D eigenvalue weighted by atomic mass is 10.2. The number of carbonyl (C=O) groups is 2. The lowest BCUT2D eigenvalue weighted by molar-refractivity contribution is -0.122. The first-order valence-electron chi connectivity index (χ1n) is 8.21. The molecule has 2 aliphatic rings. The van der Waals surface area contributed by atoms with E-state index in [0.717, 1.165) is 25.0 Å². The number of anilines is 1. The predicted octanol–water partition coefficient (Wildman–Crippen LogP) is 2.74. The van der Waals surface area contributed by atoms with E-state index in [1.165, 1.54) is 11.8 Å². The summed E-state index contributed by atoms with van der Waals surface area (Å²) in [5.41, 5.74) is 1.56. The minimum Gasteiger partial charge on any atom is -0.376 e. The van der Waals surface area contributed by atoms with Gasteiger partial charge in [0.2, 0.25) is 11.8 Å². The molecule has 1 aromatic rings. The van der Waals surface area contributed by atoms with Gasteiger partial charge in [0.05, 0.1) is 12.6 Å². The number of nitrogens with one attached hydrogen (secondary N) is 2. The molecule has 0 unspecified atom stereocenters. The van der Waals surface area contributed by atoms with Crippen LogP contribution < -0.4 is 10.6 Å². The van der Waals surface area contributed by atoms with Crippen LogP contribution in [0.15, 0.2) is 23.2 Å². The van der Waals surface area contributed by atoms with Crippen molar-refractivity contribution < 1.29 is 14.3 Å². The Morgan fingerprint density at radius 1 is 1.52 bits per heavy atom. The van der Waals surface area contributed by atoms with E-state index >= 15 is 0 Å². The second-order valence-electron chi connectivity index (χ2n) is 6.09. The van der Waals surface area contributed by atoms with Crippen LogP contribution in [0.2, 0.25) is 5.02 Å². The van der Waals surface area contributed by atoms with Crippen LogP contribution in [0.4, 0.5) is 5.69 Å². The van der Waals surface area contributed by atoms with Crippen LogP contribution in [0.1, 0.15) is 24.8 Å². The quantitative estimate of drug-likeness (QED) is 0.821. The highest BCUT2D eigenvalue weighted by Gasteiger charge is 2.32. The number of hydrogen-bond donors (Lipinski definition) is 2. The van der Waals surface area contributed by atoms with Crippen LogP contribution >= 0.6 is 23.4 Å². The van der Waals surface area contributed by atoms with E-state index in [4.69, 9.17) is 16.3 Å². The molecule has 2 aliphatic heterocycles. The SMILES string of the molecule is Cc1ccc(NC(=O)C[C@@H]2SC(=NC[C@H]3CCCO3)NC2=O)cc1Cl. The second kappa shape index (κ2) is 8.21. The van der Waals surface area contributed by atoms with Crippen molar-refractivity contribution in [2.24, 2.45) is 4.99 Å². The maximum atomic E-state index is 12.2. The minimum absolute atomic E-state index is 0.0843. The molecule has 1 aromatic carbocycles. The highest BCUT2D eigenvalue weighted by atomic mass is 35.5. The molecular formula is C17H20ClN3O3S. The molecule has 3 rings (SSSR count). The van der Waals surface area contributed by atoms with E-state index in [2.05, 4.69) is 15.6 Å². The van der Waals surface area contributed by atoms with Gasteiger partial charge in [-0.05, 0) is 37.5 Å². The maximum absolute atomic E-state index is 12.2. The molecule has 25 heavy (non-hydrogen) atoms. The third-order valence-electron chi connectivity index (χ3n) is 4.07. The lowest BCUT2D eigenvalue weighted by Gasteiger charge is -2.08. The van der Waals surface area contributed by atoms with Gasteiger partial charge >= 0.3 is 0 Å². The fourth-order valence-corrected chi connectivity index (χ4v) is 3.80. The smallest absolute Gasteiger partial charge is 0.240 e. The fourth-order valence-electron chi connectivity index (χ4n) is 2.64. The normalized spacial score (nSPS) is 24.6. The van der Waals surface area contributed by atoms with Gasteiger partial charge in [0.25, 0.3) is 0 Å². The van der Waals surface area contributed by atoms with E-state index in [0.29, 0.717) is 22.4 Å². The van der Waals surface area contributed by atoms with Crippen molar-refractivity contribution in [2.45, 2.75) is 37.5 Å². The molecule has 6 nitrogen and oxygen atoms in total. The molecule has 0 radical (unpaired) electrons. The van der Waals surface area contributed by atoms with Gasteiger partial charge in [0.1, 0.15) is 5.25 Å². The van der Waals surface area contributed by atoms with Gasteiger partial charge in [-0.15, -0.1) is 0 Å². The van der Waals surface area contributed by atoms with Gasteiger partial charge in [-0.25, -0.2) is 0 Å². The summed E-state index contributed by atoms with van der Waals surface area (Å²) < 4.78 is 5.51. The number of rotatable bonds is 5. The molecule has 0 aliphatic carbocycles. The molecule has 2 fully saturated rings. The Bertz CT molecular complexity index is 704. The highest BCUT2D eigenvalue weighted by Crippen LogP contribution is 2.25. The molecule has 0 bridgehead atoms. The first-order valence-corrected chi connectivity index (χ1v) is 9.46. The Balaban J connectivity index is 1.51. The number of carbonyl (C=O) groups excluding carboxylic acids is 2. The molecule has 8 heteroatoms. The van der Waals surface area contributed by atoms with Crippen LogP contribution in [0.3, 0.4) is 0 Å². The van der Waals surface area contributed by atoms with Crippen molar-refractivity contribution in [3.05, 3.63) is 28.8 Å². The summed E-state index contributed by atoms with van der Waals surface area (Å²) in [6.07, 6.45) is 2.28. The zero-order chi connectivity index (χ0) is 17.8. The molecule has 0 aromatic heterocycles. The standard InChI is InChI=1S/C17H20ClN3O3S/c1-10-4-5-11(7-13(10)18)20-15(22)8-14-16(23)21-17(25-14)19-9-12-3-2-6-24-12/h4-5,7,12,14H,2-3,6,8-9H2,1H3,(H,20,22)(H,19,21,23)/t12-,14+/m1/s1. The van der Waals surface area contributed by atoms with Gasteiger partial charge < -0.3 is 15.4 Å². The van der Waals surface area contributed by atoms with Gasteiger partial charge in [-0.3, -0.25) is 14.6 Å². The number of hydrogen-bond acceptors (Lipinski definition) is 5. The number of amidine groups is 1. The monoisotopic (exact) mass is 381 g/mol. The van der Waals surface area contributed by atoms with Crippen molar-refractivity contribution >= 4 is 46.0 Å². The first-order chi connectivity index (χ1) is 12.0. The largest absolute Gasteiger partial charge is 0.376 e. The number of aryl methyl sites for hydroxylation is 1. The molecule has 134 valence electrons. The fraction of sp³-hybridized carbons (Fsp3) is 0.471. The number of nitrogens with zero attached hydrogens (tertiary/aromatic N) is 1. The lowest BCUT2D eigenvalue weighted by Crippen LogP contribution is -2.28. The van der Waals surface area contributed by atoms with Gasteiger partial charge in [-0.2, -0.15) is 0 Å². The summed E-state index contributed by atoms with van der Waals surface area (Å²) in [4.78, 5) is 28.6. The summed E-state index contributed by atoms with van der Waals surface area (Å²) >= 11 is 7.35. The number of benzene rings is 1. The molecule has 2 heterocycles. The van der Waals surface area contributed by atoms with Gasteiger partial charge in [0, 0.05) is 23.7 Å². The number of thioether (sulfide) groups is 1. The zero-order valence-electron chi connectivity index (χ0n) is 13.9. The average Bonchev–Trinajstić information content (AvgIpc) is 3.19. The van der Waals surface area contributed by atoms with Crippen LogP contribution in [0, 0.1) is 6.92 Å². The number of amides is 2. The van der Waals surface area contributed by atoms with Crippen molar-refractivity contribution in [3.8, 4) is 0 Å². The Labute approximate surface area is 155 Å². The first kappa shape index (κ1) is 18.2. The Hall–Kier alpha value is -1.57. The van der Waals surface area contributed by atoms with E-state index in [9.17, 15) is 9.59 Å². The number of halogens is 1. The maximum Gasteiger partial charge on any atom is 0.240 e. The van der Waals surface area contributed by atoms with Gasteiger partial charge in [-0.1, -0.05) is 29.4 Å². The van der Waals surface area contributed by atoms with E-state index in [1.54, 1.807) is 12.1 Å². The summed E-state index contributed by atoms with van der Waals surface area (Å²) in [5.74, 6) is -0.416.